The molecule has 0 aliphatic rings. The molecule has 2 N–H and O–H groups in total. The van der Waals surface area contributed by atoms with Crippen molar-refractivity contribution >= 4 is 51.4 Å². The van der Waals surface area contributed by atoms with Gasteiger partial charge < -0.3 is 10.4 Å². The van der Waals surface area contributed by atoms with Crippen molar-refractivity contribution < 1.29 is 28.1 Å². The monoisotopic (exact) mass is 559 g/mol. The van der Waals surface area contributed by atoms with E-state index in [-0.39, 0.29) is 33.0 Å². The van der Waals surface area contributed by atoms with Gasteiger partial charge in [0.2, 0.25) is 9.84 Å². The summed E-state index contributed by atoms with van der Waals surface area (Å²) in [6.07, 6.45) is -0.0276. The molecule has 0 radical (unpaired) electrons. The average Bonchev–Trinajstić information content (AvgIpc) is 2.81. The highest BCUT2D eigenvalue weighted by molar-refractivity contribution is 7.91. The predicted molar refractivity (Wildman–Crippen MR) is 136 cm³/mol. The van der Waals surface area contributed by atoms with Crippen molar-refractivity contribution in [3.8, 4) is 5.75 Å². The van der Waals surface area contributed by atoms with Crippen molar-refractivity contribution in [1.82, 2.24) is 5.32 Å². The highest BCUT2D eigenvalue weighted by Crippen LogP contribution is 2.30. The van der Waals surface area contributed by atoms with Crippen molar-refractivity contribution in [1.29, 1.82) is 0 Å². The molecule has 0 spiro atoms. The standard InChI is InChI=1S/C24H23Cl2NO6S.ClH/c1-16(28)32-33-24-10-9-21(14-22(24)26)34(30,31)20-7-5-17(6-8-20)11-12-27-15-23(29)18-3-2-4-19(25)13-18;/h2-10,13-14,23,27,29H,11-12,15H2,1H3;1H/t23-;/m0./s1. The molecule has 1 atom stereocenters. The van der Waals surface area contributed by atoms with Gasteiger partial charge in [-0.25, -0.2) is 13.2 Å². The van der Waals surface area contributed by atoms with Crippen LogP contribution in [0.2, 0.25) is 10.0 Å². The fraction of sp³-hybridized carbons (Fsp3) is 0.208. The van der Waals surface area contributed by atoms with Crippen LogP contribution in [-0.4, -0.2) is 32.6 Å². The zero-order valence-corrected chi connectivity index (χ0v) is 21.8. The van der Waals surface area contributed by atoms with Crippen molar-refractivity contribution in [3.05, 3.63) is 87.9 Å². The number of benzene rings is 3. The quantitative estimate of drug-likeness (QED) is 0.205. The van der Waals surface area contributed by atoms with Gasteiger partial charge in [0.1, 0.15) is 0 Å². The van der Waals surface area contributed by atoms with Gasteiger partial charge in [0.25, 0.3) is 0 Å². The number of rotatable bonds is 10. The summed E-state index contributed by atoms with van der Waals surface area (Å²) in [6.45, 7) is 2.13. The van der Waals surface area contributed by atoms with Crippen molar-refractivity contribution in [2.75, 3.05) is 13.1 Å². The third kappa shape index (κ3) is 8.10. The number of halogens is 3. The van der Waals surface area contributed by atoms with Crippen LogP contribution in [0.1, 0.15) is 24.2 Å². The van der Waals surface area contributed by atoms with Crippen molar-refractivity contribution in [3.63, 3.8) is 0 Å². The molecule has 35 heavy (non-hydrogen) atoms. The number of carbonyl (C=O) groups excluding carboxylic acids is 1. The maximum atomic E-state index is 12.9. The number of aliphatic hydroxyl groups is 1. The zero-order valence-electron chi connectivity index (χ0n) is 18.6. The maximum absolute atomic E-state index is 12.9. The minimum atomic E-state index is -3.80. The fourth-order valence-corrected chi connectivity index (χ4v) is 4.86. The molecule has 0 unspecified atom stereocenters. The Morgan fingerprint density at radius 2 is 1.71 bits per heavy atom. The van der Waals surface area contributed by atoms with E-state index in [0.717, 1.165) is 18.1 Å². The lowest BCUT2D eigenvalue weighted by molar-refractivity contribution is -0.210. The van der Waals surface area contributed by atoms with Crippen LogP contribution in [0.25, 0.3) is 0 Å². The van der Waals surface area contributed by atoms with Gasteiger partial charge in [-0.15, -0.1) is 12.4 Å². The normalized spacial score (nSPS) is 11.9. The Kier molecular flexibility index (Phi) is 10.8. The molecule has 0 amide bonds. The van der Waals surface area contributed by atoms with Crippen LogP contribution < -0.4 is 10.2 Å². The third-order valence-electron chi connectivity index (χ3n) is 4.86. The number of carbonyl (C=O) groups is 1. The first-order valence-corrected chi connectivity index (χ1v) is 12.5. The second-order valence-electron chi connectivity index (χ2n) is 7.42. The first-order chi connectivity index (χ1) is 16.2. The van der Waals surface area contributed by atoms with Crippen LogP contribution in [-0.2, 0) is 25.9 Å². The van der Waals surface area contributed by atoms with E-state index in [2.05, 4.69) is 10.2 Å². The molecule has 3 aromatic rings. The van der Waals surface area contributed by atoms with Crippen LogP contribution >= 0.6 is 35.6 Å². The lowest BCUT2D eigenvalue weighted by Gasteiger charge is -2.13. The van der Waals surface area contributed by atoms with Gasteiger partial charge in [-0.3, -0.25) is 9.78 Å². The van der Waals surface area contributed by atoms with E-state index in [4.69, 9.17) is 28.1 Å². The van der Waals surface area contributed by atoms with Gasteiger partial charge in [0.05, 0.1) is 20.9 Å². The predicted octanol–water partition coefficient (Wildman–Crippen LogP) is 4.97. The SMILES string of the molecule is CC(=O)OOc1ccc(S(=O)(=O)c2ccc(CCNC[C@H](O)c3cccc(Cl)c3)cc2)cc1Cl.Cl. The minimum absolute atomic E-state index is 0. The molecule has 0 fully saturated rings. The van der Waals surface area contributed by atoms with Gasteiger partial charge in [0, 0.05) is 18.5 Å². The highest BCUT2D eigenvalue weighted by atomic mass is 35.5. The fourth-order valence-electron chi connectivity index (χ4n) is 3.09. The van der Waals surface area contributed by atoms with E-state index in [1.807, 2.05) is 6.07 Å². The van der Waals surface area contributed by atoms with Gasteiger partial charge in [-0.1, -0.05) is 47.5 Å². The van der Waals surface area contributed by atoms with E-state index in [0.29, 0.717) is 24.5 Å². The number of hydrogen-bond donors (Lipinski definition) is 2. The van der Waals surface area contributed by atoms with E-state index in [1.165, 1.54) is 30.3 Å². The number of aliphatic hydroxyl groups excluding tert-OH is 1. The molecule has 3 aromatic carbocycles. The molecule has 0 aromatic heterocycles. The molecular formula is C24H24Cl3NO6S. The number of sulfone groups is 1. The van der Waals surface area contributed by atoms with Crippen LogP contribution in [0.15, 0.2) is 76.5 Å². The number of hydrogen-bond acceptors (Lipinski definition) is 7. The molecule has 0 heterocycles. The van der Waals surface area contributed by atoms with E-state index in [1.54, 1.807) is 30.3 Å². The molecule has 0 saturated heterocycles. The summed E-state index contributed by atoms with van der Waals surface area (Å²) in [5.41, 5.74) is 1.67. The van der Waals surface area contributed by atoms with Crippen molar-refractivity contribution in [2.45, 2.75) is 29.2 Å². The Balaban J connectivity index is 0.00000432. The van der Waals surface area contributed by atoms with Gasteiger partial charge in [-0.05, 0) is 66.6 Å². The van der Waals surface area contributed by atoms with E-state index >= 15 is 0 Å². The van der Waals surface area contributed by atoms with Crippen LogP contribution in [0, 0.1) is 0 Å². The van der Waals surface area contributed by atoms with E-state index in [9.17, 15) is 18.3 Å². The Labute approximate surface area is 220 Å². The second-order valence-corrected chi connectivity index (χ2v) is 10.2. The molecule has 0 bridgehead atoms. The average molecular weight is 561 g/mol. The third-order valence-corrected chi connectivity index (χ3v) is 7.16. The van der Waals surface area contributed by atoms with Crippen molar-refractivity contribution in [2.24, 2.45) is 0 Å². The Morgan fingerprint density at radius 3 is 2.34 bits per heavy atom. The molecular weight excluding hydrogens is 537 g/mol. The van der Waals surface area contributed by atoms with Crippen LogP contribution in [0.4, 0.5) is 0 Å². The molecule has 188 valence electrons. The van der Waals surface area contributed by atoms with Gasteiger partial charge in [-0.2, -0.15) is 0 Å². The van der Waals surface area contributed by atoms with E-state index < -0.39 is 21.9 Å². The largest absolute Gasteiger partial charge is 0.387 e. The van der Waals surface area contributed by atoms with Crippen LogP contribution in [0.3, 0.4) is 0 Å². The lowest BCUT2D eigenvalue weighted by Crippen LogP contribution is -2.23. The highest BCUT2D eigenvalue weighted by Gasteiger charge is 2.20. The molecule has 0 aliphatic heterocycles. The number of nitrogens with one attached hydrogen (secondary N) is 1. The summed E-state index contributed by atoms with van der Waals surface area (Å²) in [7, 11) is -3.80. The topological polar surface area (TPSA) is 102 Å². The Bertz CT molecular complexity index is 1250. The Morgan fingerprint density at radius 1 is 1.03 bits per heavy atom. The first-order valence-electron chi connectivity index (χ1n) is 10.3. The summed E-state index contributed by atoms with van der Waals surface area (Å²) in [4.78, 5) is 20.1. The molecule has 3 rings (SSSR count). The molecule has 7 nitrogen and oxygen atoms in total. The zero-order chi connectivity index (χ0) is 24.7. The second kappa shape index (κ2) is 13.1. The van der Waals surface area contributed by atoms with Gasteiger partial charge >= 0.3 is 5.97 Å². The maximum Gasteiger partial charge on any atom is 0.352 e. The smallest absolute Gasteiger partial charge is 0.352 e. The summed E-state index contributed by atoms with van der Waals surface area (Å²) in [5.74, 6) is -0.639. The summed E-state index contributed by atoms with van der Waals surface area (Å²) < 4.78 is 25.9. The first kappa shape index (κ1) is 28.9. The summed E-state index contributed by atoms with van der Waals surface area (Å²) >= 11 is 12.0. The van der Waals surface area contributed by atoms with Gasteiger partial charge in [0.15, 0.2) is 5.75 Å². The lowest BCUT2D eigenvalue weighted by atomic mass is 10.1. The van der Waals surface area contributed by atoms with Crippen LogP contribution in [0.5, 0.6) is 5.75 Å². The molecule has 11 heteroatoms. The summed E-state index contributed by atoms with van der Waals surface area (Å²) in [5, 5.41) is 14.0. The Hall–Kier alpha value is -2.33. The molecule has 0 saturated carbocycles. The summed E-state index contributed by atoms with van der Waals surface area (Å²) in [6, 6.07) is 17.5. The molecule has 0 aliphatic carbocycles. The minimum Gasteiger partial charge on any atom is -0.387 e.